The Labute approximate surface area is 172 Å². The molecular weight excluding hydrogens is 441 g/mol. The lowest BCUT2D eigenvalue weighted by Crippen LogP contribution is -2.49. The fraction of sp³-hybridized carbons (Fsp3) is 0.474. The predicted molar refractivity (Wildman–Crippen MR) is 115 cm³/mol. The van der Waals surface area contributed by atoms with Gasteiger partial charge in [-0.15, -0.1) is 24.0 Å². The fourth-order valence-corrected chi connectivity index (χ4v) is 3.29. The van der Waals surface area contributed by atoms with Crippen LogP contribution in [-0.2, 0) is 6.54 Å². The SMILES string of the molecule is CCNC(=NCc1ccc(O)cc1)N1CCC(C)C(n2ccnc2)C1.I. The van der Waals surface area contributed by atoms with Gasteiger partial charge in [-0.25, -0.2) is 9.98 Å². The maximum atomic E-state index is 9.40. The Morgan fingerprint density at radius 1 is 1.35 bits per heavy atom. The number of phenols is 1. The number of imidazole rings is 1. The van der Waals surface area contributed by atoms with E-state index >= 15 is 0 Å². The van der Waals surface area contributed by atoms with E-state index in [9.17, 15) is 5.11 Å². The molecule has 0 amide bonds. The van der Waals surface area contributed by atoms with Gasteiger partial charge in [0, 0.05) is 32.0 Å². The minimum atomic E-state index is 0. The fourth-order valence-electron chi connectivity index (χ4n) is 3.29. The average Bonchev–Trinajstić information content (AvgIpc) is 3.15. The topological polar surface area (TPSA) is 65.7 Å². The summed E-state index contributed by atoms with van der Waals surface area (Å²) in [4.78, 5) is 11.3. The third-order valence-corrected chi connectivity index (χ3v) is 4.81. The maximum absolute atomic E-state index is 9.40. The number of nitrogens with one attached hydrogen (secondary N) is 1. The van der Waals surface area contributed by atoms with Crippen molar-refractivity contribution in [3.63, 3.8) is 0 Å². The summed E-state index contributed by atoms with van der Waals surface area (Å²) < 4.78 is 2.21. The van der Waals surface area contributed by atoms with Gasteiger partial charge < -0.3 is 19.9 Å². The number of phenolic OH excluding ortho intramolecular Hbond substituents is 1. The van der Waals surface area contributed by atoms with Gasteiger partial charge in [0.15, 0.2) is 5.96 Å². The Hall–Kier alpha value is -1.77. The van der Waals surface area contributed by atoms with Crippen molar-refractivity contribution in [1.29, 1.82) is 0 Å². The third-order valence-electron chi connectivity index (χ3n) is 4.81. The summed E-state index contributed by atoms with van der Waals surface area (Å²) in [7, 11) is 0. The van der Waals surface area contributed by atoms with E-state index in [1.165, 1.54) is 0 Å². The Balaban J connectivity index is 0.00000243. The predicted octanol–water partition coefficient (Wildman–Crippen LogP) is 3.26. The highest BCUT2D eigenvalue weighted by atomic mass is 127. The summed E-state index contributed by atoms with van der Waals surface area (Å²) in [6.45, 7) is 7.78. The largest absolute Gasteiger partial charge is 0.508 e. The minimum Gasteiger partial charge on any atom is -0.508 e. The van der Waals surface area contributed by atoms with Crippen LogP contribution in [0.3, 0.4) is 0 Å². The number of likely N-dealkylation sites (tertiary alicyclic amines) is 1. The highest BCUT2D eigenvalue weighted by molar-refractivity contribution is 14.0. The molecule has 0 bridgehead atoms. The number of aromatic hydroxyl groups is 1. The molecule has 0 spiro atoms. The molecule has 1 fully saturated rings. The summed E-state index contributed by atoms with van der Waals surface area (Å²) >= 11 is 0. The van der Waals surface area contributed by atoms with Crippen molar-refractivity contribution in [1.82, 2.24) is 19.8 Å². The molecule has 1 aromatic heterocycles. The van der Waals surface area contributed by atoms with Crippen molar-refractivity contribution in [2.45, 2.75) is 32.9 Å². The van der Waals surface area contributed by atoms with Gasteiger partial charge in [-0.2, -0.15) is 0 Å². The molecule has 1 aliphatic heterocycles. The van der Waals surface area contributed by atoms with Gasteiger partial charge in [-0.1, -0.05) is 19.1 Å². The number of hydrogen-bond acceptors (Lipinski definition) is 3. The molecule has 7 heteroatoms. The van der Waals surface area contributed by atoms with Gasteiger partial charge >= 0.3 is 0 Å². The smallest absolute Gasteiger partial charge is 0.194 e. The first-order chi connectivity index (χ1) is 12.2. The van der Waals surface area contributed by atoms with Crippen molar-refractivity contribution >= 4 is 29.9 Å². The zero-order valence-electron chi connectivity index (χ0n) is 15.4. The van der Waals surface area contributed by atoms with E-state index in [-0.39, 0.29) is 29.7 Å². The third kappa shape index (κ3) is 5.12. The first-order valence-corrected chi connectivity index (χ1v) is 8.96. The van der Waals surface area contributed by atoms with Crippen LogP contribution in [0.15, 0.2) is 48.0 Å². The summed E-state index contributed by atoms with van der Waals surface area (Å²) in [5.74, 6) is 1.85. The number of aliphatic imine (C=N–C) groups is 1. The van der Waals surface area contributed by atoms with Gasteiger partial charge in [0.1, 0.15) is 5.75 Å². The van der Waals surface area contributed by atoms with E-state index in [0.717, 1.165) is 37.6 Å². The van der Waals surface area contributed by atoms with Crippen LogP contribution in [-0.4, -0.2) is 45.2 Å². The molecular formula is C19H28IN5O. The lowest BCUT2D eigenvalue weighted by Gasteiger charge is -2.39. The monoisotopic (exact) mass is 469 g/mol. The van der Waals surface area contributed by atoms with Gasteiger partial charge in [-0.3, -0.25) is 0 Å². The number of piperidine rings is 1. The molecule has 1 saturated heterocycles. The lowest BCUT2D eigenvalue weighted by atomic mass is 9.93. The quantitative estimate of drug-likeness (QED) is 0.410. The Kier molecular flexibility index (Phi) is 7.74. The first-order valence-electron chi connectivity index (χ1n) is 8.96. The van der Waals surface area contributed by atoms with Gasteiger partial charge in [-0.05, 0) is 37.0 Å². The zero-order valence-corrected chi connectivity index (χ0v) is 17.7. The van der Waals surface area contributed by atoms with E-state index in [1.807, 2.05) is 30.9 Å². The number of rotatable bonds is 4. The van der Waals surface area contributed by atoms with Crippen LogP contribution in [0, 0.1) is 5.92 Å². The second-order valence-corrected chi connectivity index (χ2v) is 6.63. The van der Waals surface area contributed by atoms with Crippen LogP contribution < -0.4 is 5.32 Å². The number of nitrogens with zero attached hydrogens (tertiary/aromatic N) is 4. The molecule has 0 saturated carbocycles. The Morgan fingerprint density at radius 2 is 2.12 bits per heavy atom. The summed E-state index contributed by atoms with van der Waals surface area (Å²) in [6.07, 6.45) is 6.93. The second kappa shape index (κ2) is 9.80. The normalized spacial score (nSPS) is 20.5. The minimum absolute atomic E-state index is 0. The highest BCUT2D eigenvalue weighted by Gasteiger charge is 2.28. The van der Waals surface area contributed by atoms with E-state index in [4.69, 9.17) is 4.99 Å². The molecule has 1 aromatic carbocycles. The van der Waals surface area contributed by atoms with E-state index in [2.05, 4.69) is 33.6 Å². The van der Waals surface area contributed by atoms with Gasteiger partial charge in [0.2, 0.25) is 0 Å². The number of guanidine groups is 1. The molecule has 1 aliphatic rings. The molecule has 142 valence electrons. The summed E-state index contributed by atoms with van der Waals surface area (Å²) in [5, 5.41) is 12.8. The molecule has 26 heavy (non-hydrogen) atoms. The number of benzene rings is 1. The van der Waals surface area contributed by atoms with Crippen LogP contribution in [0.1, 0.15) is 31.9 Å². The van der Waals surface area contributed by atoms with Crippen molar-refractivity contribution in [2.24, 2.45) is 10.9 Å². The van der Waals surface area contributed by atoms with Gasteiger partial charge in [0.25, 0.3) is 0 Å². The molecule has 2 atom stereocenters. The highest BCUT2D eigenvalue weighted by Crippen LogP contribution is 2.27. The van der Waals surface area contributed by atoms with Crippen molar-refractivity contribution in [3.8, 4) is 5.75 Å². The molecule has 0 radical (unpaired) electrons. The Morgan fingerprint density at radius 3 is 2.77 bits per heavy atom. The molecule has 2 unspecified atom stereocenters. The first kappa shape index (κ1) is 20.5. The number of aromatic nitrogens is 2. The summed E-state index contributed by atoms with van der Waals surface area (Å²) in [5.41, 5.74) is 1.09. The average molecular weight is 469 g/mol. The van der Waals surface area contributed by atoms with Gasteiger partial charge in [0.05, 0.1) is 18.9 Å². The van der Waals surface area contributed by atoms with Crippen LogP contribution in [0.5, 0.6) is 5.75 Å². The van der Waals surface area contributed by atoms with Crippen molar-refractivity contribution < 1.29 is 5.11 Å². The van der Waals surface area contributed by atoms with Crippen molar-refractivity contribution in [3.05, 3.63) is 48.5 Å². The Bertz CT molecular complexity index is 686. The lowest BCUT2D eigenvalue weighted by molar-refractivity contribution is 0.189. The zero-order chi connectivity index (χ0) is 17.6. The van der Waals surface area contributed by atoms with E-state index < -0.39 is 0 Å². The molecule has 6 nitrogen and oxygen atoms in total. The van der Waals surface area contributed by atoms with Crippen LogP contribution >= 0.6 is 24.0 Å². The van der Waals surface area contributed by atoms with E-state index in [0.29, 0.717) is 18.5 Å². The molecule has 3 rings (SSSR count). The van der Waals surface area contributed by atoms with Crippen LogP contribution in [0.25, 0.3) is 0 Å². The molecule has 0 aliphatic carbocycles. The second-order valence-electron chi connectivity index (χ2n) is 6.63. The maximum Gasteiger partial charge on any atom is 0.194 e. The summed E-state index contributed by atoms with van der Waals surface area (Å²) in [6, 6.07) is 7.64. The van der Waals surface area contributed by atoms with Crippen LogP contribution in [0.2, 0.25) is 0 Å². The van der Waals surface area contributed by atoms with E-state index in [1.54, 1.807) is 12.1 Å². The molecule has 2 heterocycles. The van der Waals surface area contributed by atoms with Crippen LogP contribution in [0.4, 0.5) is 0 Å². The molecule has 2 aromatic rings. The number of halogens is 1. The van der Waals surface area contributed by atoms with Crippen molar-refractivity contribution in [2.75, 3.05) is 19.6 Å². The molecule has 2 N–H and O–H groups in total. The standard InChI is InChI=1S/C19H27N5O.HI/c1-3-21-19(22-12-16-4-6-17(25)7-5-16)23-10-8-15(2)18(13-23)24-11-9-20-14-24;/h4-7,9,11,14-15,18,25H,3,8,10,12-13H2,1-2H3,(H,21,22);1H. The number of hydrogen-bond donors (Lipinski definition) is 2.